The predicted molar refractivity (Wildman–Crippen MR) is 123 cm³/mol. The maximum absolute atomic E-state index is 12.9. The fourth-order valence-electron chi connectivity index (χ4n) is 3.56. The normalized spacial score (nSPS) is 12.9. The highest BCUT2D eigenvalue weighted by Crippen LogP contribution is 2.33. The van der Waals surface area contributed by atoms with E-state index >= 15 is 0 Å². The first-order valence-corrected chi connectivity index (χ1v) is 10.8. The Morgan fingerprint density at radius 2 is 2.00 bits per heavy atom. The first-order chi connectivity index (χ1) is 15.8. The van der Waals surface area contributed by atoms with Gasteiger partial charge in [-0.2, -0.15) is 4.98 Å². The van der Waals surface area contributed by atoms with E-state index in [9.17, 15) is 9.59 Å². The standard InChI is InChI=1S/C24H27N5O4/c1-24(2,3)33-20(30)15-26-22(31)18-14-27-23(28-21(18)25-13-17-8-6-12-32-17)29-11-10-16-7-4-5-9-19(16)29/h4-9,12,14H,10-11,13,15H2,1-3H3,(H,26,31)(H,25,27,28). The second kappa shape index (κ2) is 9.32. The monoisotopic (exact) mass is 449 g/mol. The van der Waals surface area contributed by atoms with Gasteiger partial charge in [-0.3, -0.25) is 9.59 Å². The number of nitrogens with one attached hydrogen (secondary N) is 2. The van der Waals surface area contributed by atoms with E-state index in [0.717, 1.165) is 18.7 Å². The predicted octanol–water partition coefficient (Wildman–Crippen LogP) is 3.45. The average molecular weight is 450 g/mol. The van der Waals surface area contributed by atoms with E-state index < -0.39 is 17.5 Å². The number of carbonyl (C=O) groups is 2. The zero-order chi connectivity index (χ0) is 23.4. The molecular weight excluding hydrogens is 422 g/mol. The van der Waals surface area contributed by atoms with E-state index in [1.54, 1.807) is 33.1 Å². The summed E-state index contributed by atoms with van der Waals surface area (Å²) in [7, 11) is 0. The van der Waals surface area contributed by atoms with Crippen molar-refractivity contribution in [1.82, 2.24) is 15.3 Å². The summed E-state index contributed by atoms with van der Waals surface area (Å²) < 4.78 is 10.6. The summed E-state index contributed by atoms with van der Waals surface area (Å²) in [6.45, 7) is 6.15. The molecule has 0 spiro atoms. The highest BCUT2D eigenvalue weighted by atomic mass is 16.6. The van der Waals surface area contributed by atoms with Gasteiger partial charge in [0, 0.05) is 18.4 Å². The summed E-state index contributed by atoms with van der Waals surface area (Å²) in [5.74, 6) is 0.540. The molecule has 0 atom stereocenters. The van der Waals surface area contributed by atoms with Crippen LogP contribution in [0, 0.1) is 0 Å². The van der Waals surface area contributed by atoms with Gasteiger partial charge >= 0.3 is 5.97 Å². The lowest BCUT2D eigenvalue weighted by Gasteiger charge is -2.20. The maximum atomic E-state index is 12.9. The fraction of sp³-hybridized carbons (Fsp3) is 0.333. The van der Waals surface area contributed by atoms with Crippen LogP contribution >= 0.6 is 0 Å². The minimum Gasteiger partial charge on any atom is -0.467 e. The van der Waals surface area contributed by atoms with Crippen molar-refractivity contribution >= 4 is 29.3 Å². The number of esters is 1. The molecule has 1 aliphatic heterocycles. The molecule has 0 fully saturated rings. The second-order valence-corrected chi connectivity index (χ2v) is 8.66. The largest absolute Gasteiger partial charge is 0.467 e. The van der Waals surface area contributed by atoms with Crippen LogP contribution in [-0.2, 0) is 22.5 Å². The maximum Gasteiger partial charge on any atom is 0.325 e. The van der Waals surface area contributed by atoms with Crippen LogP contribution in [0.25, 0.3) is 0 Å². The summed E-state index contributed by atoms with van der Waals surface area (Å²) in [6.07, 6.45) is 3.95. The number of rotatable bonds is 7. The van der Waals surface area contributed by atoms with Crippen LogP contribution in [0.2, 0.25) is 0 Å². The quantitative estimate of drug-likeness (QED) is 0.528. The lowest BCUT2D eigenvalue weighted by atomic mass is 10.2. The molecule has 3 aromatic rings. The molecule has 9 heteroatoms. The molecule has 0 saturated carbocycles. The number of carbonyl (C=O) groups excluding carboxylic acids is 2. The summed E-state index contributed by atoms with van der Waals surface area (Å²) in [5, 5.41) is 5.75. The van der Waals surface area contributed by atoms with Gasteiger partial charge in [-0.1, -0.05) is 18.2 Å². The summed E-state index contributed by atoms with van der Waals surface area (Å²) in [5.41, 5.74) is 1.87. The van der Waals surface area contributed by atoms with E-state index in [1.165, 1.54) is 11.8 Å². The zero-order valence-electron chi connectivity index (χ0n) is 18.9. The number of anilines is 3. The Labute approximate surface area is 192 Å². The number of fused-ring (bicyclic) bond motifs is 1. The summed E-state index contributed by atoms with van der Waals surface area (Å²) >= 11 is 0. The van der Waals surface area contributed by atoms with Crippen LogP contribution in [-0.4, -0.2) is 40.5 Å². The van der Waals surface area contributed by atoms with E-state index in [1.807, 2.05) is 29.2 Å². The number of hydrogen-bond acceptors (Lipinski definition) is 8. The van der Waals surface area contributed by atoms with Crippen LogP contribution in [0.4, 0.5) is 17.5 Å². The number of benzene rings is 1. The number of para-hydroxylation sites is 1. The molecule has 9 nitrogen and oxygen atoms in total. The third-order valence-electron chi connectivity index (χ3n) is 4.97. The van der Waals surface area contributed by atoms with Gasteiger partial charge < -0.3 is 24.7 Å². The average Bonchev–Trinajstić information content (AvgIpc) is 3.44. The molecule has 1 aliphatic rings. The van der Waals surface area contributed by atoms with Crippen LogP contribution < -0.4 is 15.5 Å². The molecule has 0 aliphatic carbocycles. The number of aromatic nitrogens is 2. The van der Waals surface area contributed by atoms with Crippen molar-refractivity contribution < 1.29 is 18.7 Å². The van der Waals surface area contributed by atoms with Gasteiger partial charge in [-0.25, -0.2) is 4.98 Å². The van der Waals surface area contributed by atoms with Crippen LogP contribution in [0.1, 0.15) is 42.5 Å². The molecule has 172 valence electrons. The van der Waals surface area contributed by atoms with E-state index in [2.05, 4.69) is 26.7 Å². The molecule has 2 N–H and O–H groups in total. The van der Waals surface area contributed by atoms with E-state index in [0.29, 0.717) is 24.1 Å². The molecule has 33 heavy (non-hydrogen) atoms. The molecule has 2 aromatic heterocycles. The summed E-state index contributed by atoms with van der Waals surface area (Å²) in [4.78, 5) is 36.0. The Balaban J connectivity index is 1.55. The van der Waals surface area contributed by atoms with Crippen molar-refractivity contribution in [2.24, 2.45) is 0 Å². The van der Waals surface area contributed by atoms with Crippen LogP contribution in [0.3, 0.4) is 0 Å². The topological polar surface area (TPSA) is 110 Å². The van der Waals surface area contributed by atoms with Gasteiger partial charge in [0.05, 0.1) is 12.8 Å². The molecule has 0 saturated heterocycles. The molecule has 4 rings (SSSR count). The molecule has 0 bridgehead atoms. The van der Waals surface area contributed by atoms with Crippen molar-refractivity contribution in [3.05, 3.63) is 65.7 Å². The first-order valence-electron chi connectivity index (χ1n) is 10.8. The first kappa shape index (κ1) is 22.3. The van der Waals surface area contributed by atoms with Gasteiger partial charge in [0.25, 0.3) is 5.91 Å². The van der Waals surface area contributed by atoms with Gasteiger partial charge in [0.1, 0.15) is 29.3 Å². The van der Waals surface area contributed by atoms with Crippen molar-refractivity contribution in [2.45, 2.75) is 39.3 Å². The number of amides is 1. The van der Waals surface area contributed by atoms with E-state index in [4.69, 9.17) is 9.15 Å². The Bertz CT molecular complexity index is 1140. The van der Waals surface area contributed by atoms with Gasteiger partial charge in [-0.05, 0) is 51.0 Å². The van der Waals surface area contributed by atoms with E-state index in [-0.39, 0.29) is 12.1 Å². The molecule has 0 radical (unpaired) electrons. The van der Waals surface area contributed by atoms with Gasteiger partial charge in [0.15, 0.2) is 0 Å². The minimum atomic E-state index is -0.631. The lowest BCUT2D eigenvalue weighted by molar-refractivity contribution is -0.153. The smallest absolute Gasteiger partial charge is 0.325 e. The highest BCUT2D eigenvalue weighted by molar-refractivity contribution is 6.00. The summed E-state index contributed by atoms with van der Waals surface area (Å²) in [6, 6.07) is 11.7. The third-order valence-corrected chi connectivity index (χ3v) is 4.97. The Hall–Kier alpha value is -3.88. The van der Waals surface area contributed by atoms with Crippen LogP contribution in [0.5, 0.6) is 0 Å². The molecule has 1 amide bonds. The van der Waals surface area contributed by atoms with Crippen molar-refractivity contribution in [3.63, 3.8) is 0 Å². The van der Waals surface area contributed by atoms with Crippen molar-refractivity contribution in [2.75, 3.05) is 23.3 Å². The fourth-order valence-corrected chi connectivity index (χ4v) is 3.56. The molecule has 0 unspecified atom stereocenters. The lowest BCUT2D eigenvalue weighted by Crippen LogP contribution is -2.35. The highest BCUT2D eigenvalue weighted by Gasteiger charge is 2.24. The Morgan fingerprint density at radius 3 is 2.76 bits per heavy atom. The van der Waals surface area contributed by atoms with Crippen molar-refractivity contribution in [3.8, 4) is 0 Å². The number of ether oxygens (including phenoxy) is 1. The second-order valence-electron chi connectivity index (χ2n) is 8.66. The number of hydrogen-bond donors (Lipinski definition) is 2. The molecule has 3 heterocycles. The third kappa shape index (κ3) is 5.49. The van der Waals surface area contributed by atoms with Gasteiger partial charge in [-0.15, -0.1) is 0 Å². The zero-order valence-corrected chi connectivity index (χ0v) is 18.9. The molecular formula is C24H27N5O4. The molecule has 1 aromatic carbocycles. The Morgan fingerprint density at radius 1 is 1.18 bits per heavy atom. The Kier molecular flexibility index (Phi) is 6.30. The van der Waals surface area contributed by atoms with Crippen molar-refractivity contribution in [1.29, 1.82) is 0 Å². The van der Waals surface area contributed by atoms with Crippen LogP contribution in [0.15, 0.2) is 53.3 Å². The number of furan rings is 1. The van der Waals surface area contributed by atoms with Gasteiger partial charge in [0.2, 0.25) is 5.95 Å². The SMILES string of the molecule is CC(C)(C)OC(=O)CNC(=O)c1cnc(N2CCc3ccccc32)nc1NCc1ccco1. The number of nitrogens with zero attached hydrogens (tertiary/aromatic N) is 3. The minimum absolute atomic E-state index is 0.223.